The highest BCUT2D eigenvalue weighted by Crippen LogP contribution is 2.41. The van der Waals surface area contributed by atoms with E-state index in [4.69, 9.17) is 0 Å². The molecule has 0 radical (unpaired) electrons. The van der Waals surface area contributed by atoms with Crippen LogP contribution in [0.25, 0.3) is 6.08 Å². The Morgan fingerprint density at radius 2 is 1.70 bits per heavy atom. The molecule has 33 heavy (non-hydrogen) atoms. The highest BCUT2D eigenvalue weighted by Gasteiger charge is 2.25. The molecule has 0 aliphatic carbocycles. The smallest absolute Gasteiger partial charge is 0.269 e. The molecule has 0 saturated carbocycles. The molecule has 0 spiro atoms. The van der Waals surface area contributed by atoms with Crippen LogP contribution in [-0.4, -0.2) is 19.2 Å². The van der Waals surface area contributed by atoms with E-state index in [0.29, 0.717) is 35.6 Å². The Morgan fingerprint density at radius 3 is 2.33 bits per heavy atom. The van der Waals surface area contributed by atoms with E-state index in [0.717, 1.165) is 11.8 Å². The number of amides is 1. The number of nitrogens with zero attached hydrogens (tertiary/aromatic N) is 1. The summed E-state index contributed by atoms with van der Waals surface area (Å²) in [6, 6.07) is 15.8. The number of nitrogens with one attached hydrogen (secondary N) is 1. The minimum absolute atomic E-state index is 0.0465. The van der Waals surface area contributed by atoms with Crippen LogP contribution >= 0.6 is 43.6 Å². The molecule has 0 bridgehead atoms. The van der Waals surface area contributed by atoms with Gasteiger partial charge in [-0.2, -0.15) is 0 Å². The summed E-state index contributed by atoms with van der Waals surface area (Å²) in [5, 5.41) is 13.6. The largest absolute Gasteiger partial charge is 0.320 e. The molecule has 7 nitrogen and oxygen atoms in total. The summed E-state index contributed by atoms with van der Waals surface area (Å²) in [5.74, 6) is -0.533. The number of nitro groups is 1. The molecular weight excluding hydrogens is 596 g/mol. The van der Waals surface area contributed by atoms with Gasteiger partial charge in [0.25, 0.3) is 11.6 Å². The van der Waals surface area contributed by atoms with E-state index in [2.05, 4.69) is 37.2 Å². The summed E-state index contributed by atoms with van der Waals surface area (Å²) in [6.45, 7) is 0. The highest BCUT2D eigenvalue weighted by atomic mass is 79.9. The van der Waals surface area contributed by atoms with E-state index in [9.17, 15) is 23.3 Å². The van der Waals surface area contributed by atoms with Crippen molar-refractivity contribution >= 4 is 76.8 Å². The Hall–Kier alpha value is -2.47. The number of nitro benzene ring substituents is 1. The normalized spacial score (nSPS) is 14.6. The molecule has 3 aromatic rings. The van der Waals surface area contributed by atoms with Gasteiger partial charge in [0, 0.05) is 26.0 Å². The van der Waals surface area contributed by atoms with Crippen LogP contribution < -0.4 is 5.32 Å². The van der Waals surface area contributed by atoms with Crippen LogP contribution in [0.4, 0.5) is 11.4 Å². The molecule has 0 atom stereocenters. The lowest BCUT2D eigenvalue weighted by Crippen LogP contribution is -2.17. The Labute approximate surface area is 210 Å². The maximum atomic E-state index is 13.1. The van der Waals surface area contributed by atoms with Crippen molar-refractivity contribution in [1.82, 2.24) is 0 Å². The number of anilines is 1. The lowest BCUT2D eigenvalue weighted by molar-refractivity contribution is -0.384. The molecule has 1 aliphatic rings. The molecule has 3 aromatic carbocycles. The molecule has 1 amide bonds. The molecular formula is C22H14Br2N2O5S2. The minimum atomic E-state index is -3.66. The second-order valence-corrected chi connectivity index (χ2v) is 11.8. The Kier molecular flexibility index (Phi) is 6.76. The van der Waals surface area contributed by atoms with Crippen LogP contribution in [0.1, 0.15) is 11.1 Å². The maximum absolute atomic E-state index is 13.1. The van der Waals surface area contributed by atoms with Crippen LogP contribution in [-0.2, 0) is 20.4 Å². The number of carbonyl (C=O) groups excluding carboxylic acids is 1. The summed E-state index contributed by atoms with van der Waals surface area (Å²) >= 11 is 7.95. The zero-order chi connectivity index (χ0) is 23.8. The van der Waals surface area contributed by atoms with Gasteiger partial charge < -0.3 is 5.32 Å². The topological polar surface area (TPSA) is 106 Å². The lowest BCUT2D eigenvalue weighted by atomic mass is 10.2. The third kappa shape index (κ3) is 5.21. The monoisotopic (exact) mass is 608 g/mol. The number of benzene rings is 3. The second kappa shape index (κ2) is 9.41. The fraction of sp³-hybridized carbons (Fsp3) is 0.0455. The third-order valence-corrected chi connectivity index (χ3v) is 9.01. The van der Waals surface area contributed by atoms with E-state index < -0.39 is 14.8 Å². The van der Waals surface area contributed by atoms with Crippen molar-refractivity contribution in [3.05, 3.63) is 95.8 Å². The van der Waals surface area contributed by atoms with Crippen molar-refractivity contribution in [2.24, 2.45) is 0 Å². The van der Waals surface area contributed by atoms with Crippen molar-refractivity contribution in [2.75, 3.05) is 5.32 Å². The molecule has 1 aliphatic heterocycles. The first-order valence-corrected chi connectivity index (χ1v) is 13.4. The van der Waals surface area contributed by atoms with Crippen molar-refractivity contribution in [3.8, 4) is 0 Å². The molecule has 11 heteroatoms. The van der Waals surface area contributed by atoms with Crippen molar-refractivity contribution in [3.63, 3.8) is 0 Å². The van der Waals surface area contributed by atoms with Gasteiger partial charge in [-0.1, -0.05) is 49.7 Å². The zero-order valence-electron chi connectivity index (χ0n) is 16.6. The van der Waals surface area contributed by atoms with Gasteiger partial charge in [-0.15, -0.1) is 0 Å². The number of hydrogen-bond acceptors (Lipinski definition) is 6. The summed E-state index contributed by atoms with van der Waals surface area (Å²) in [7, 11) is -3.66. The molecule has 0 unspecified atom stereocenters. The molecule has 4 rings (SSSR count). The molecule has 1 N–H and O–H groups in total. The fourth-order valence-electron chi connectivity index (χ4n) is 3.11. The third-order valence-electron chi connectivity index (χ3n) is 4.80. The van der Waals surface area contributed by atoms with E-state index in [1.807, 2.05) is 0 Å². The van der Waals surface area contributed by atoms with Crippen LogP contribution in [0.15, 0.2) is 84.3 Å². The Morgan fingerprint density at radius 1 is 1.03 bits per heavy atom. The van der Waals surface area contributed by atoms with Crippen molar-refractivity contribution < 1.29 is 18.1 Å². The molecule has 0 fully saturated rings. The first-order valence-electron chi connectivity index (χ1n) is 9.39. The van der Waals surface area contributed by atoms with E-state index >= 15 is 0 Å². The average Bonchev–Trinajstić information content (AvgIpc) is 2.77. The number of hydrogen-bond donors (Lipinski definition) is 1. The zero-order valence-corrected chi connectivity index (χ0v) is 21.4. The van der Waals surface area contributed by atoms with Gasteiger partial charge in [-0.3, -0.25) is 14.9 Å². The van der Waals surface area contributed by atoms with Gasteiger partial charge in [0.1, 0.15) is 0 Å². The summed E-state index contributed by atoms with van der Waals surface area (Å²) in [6.07, 6.45) is 1.60. The minimum Gasteiger partial charge on any atom is -0.320 e. The SMILES string of the molecule is O=C1Nc2ccc(S(=O)(=O)Cc3c(Br)cccc3Br)cc2S/C1=C/c1ccc([N+](=O)[O-])cc1. The molecule has 0 aromatic heterocycles. The highest BCUT2D eigenvalue weighted by molar-refractivity contribution is 9.11. The van der Waals surface area contributed by atoms with E-state index in [-0.39, 0.29) is 22.2 Å². The van der Waals surface area contributed by atoms with Gasteiger partial charge in [0.15, 0.2) is 9.84 Å². The summed E-state index contributed by atoms with van der Waals surface area (Å²) < 4.78 is 27.6. The van der Waals surface area contributed by atoms with E-state index in [1.165, 1.54) is 18.2 Å². The Bertz CT molecular complexity index is 1400. The summed E-state index contributed by atoms with van der Waals surface area (Å²) in [4.78, 5) is 23.9. The van der Waals surface area contributed by atoms with Gasteiger partial charge in [-0.05, 0) is 59.7 Å². The number of thioether (sulfide) groups is 1. The molecule has 0 saturated heterocycles. The molecule has 1 heterocycles. The maximum Gasteiger partial charge on any atom is 0.269 e. The number of sulfone groups is 1. The first-order chi connectivity index (χ1) is 15.6. The van der Waals surface area contributed by atoms with Crippen LogP contribution in [0.5, 0.6) is 0 Å². The average molecular weight is 610 g/mol. The second-order valence-electron chi connectivity index (χ2n) is 7.03. The number of carbonyl (C=O) groups is 1. The number of fused-ring (bicyclic) bond motifs is 1. The van der Waals surface area contributed by atoms with Gasteiger partial charge in [0.2, 0.25) is 0 Å². The van der Waals surface area contributed by atoms with Crippen molar-refractivity contribution in [2.45, 2.75) is 15.5 Å². The van der Waals surface area contributed by atoms with Crippen LogP contribution in [0.2, 0.25) is 0 Å². The summed E-state index contributed by atoms with van der Waals surface area (Å²) in [5.41, 5.74) is 1.71. The number of halogens is 2. The molecule has 168 valence electrons. The van der Waals surface area contributed by atoms with Crippen molar-refractivity contribution in [1.29, 1.82) is 0 Å². The predicted molar refractivity (Wildman–Crippen MR) is 135 cm³/mol. The number of rotatable bonds is 5. The first kappa shape index (κ1) is 23.7. The van der Waals surface area contributed by atoms with Gasteiger partial charge in [-0.25, -0.2) is 8.42 Å². The number of non-ortho nitro benzene ring substituents is 1. The van der Waals surface area contributed by atoms with Crippen LogP contribution in [0.3, 0.4) is 0 Å². The van der Waals surface area contributed by atoms with E-state index in [1.54, 1.807) is 48.5 Å². The van der Waals surface area contributed by atoms with Gasteiger partial charge in [0.05, 0.1) is 26.2 Å². The van der Waals surface area contributed by atoms with Gasteiger partial charge >= 0.3 is 0 Å². The quantitative estimate of drug-likeness (QED) is 0.210. The predicted octanol–water partition coefficient (Wildman–Crippen LogP) is 6.18. The fourth-order valence-corrected chi connectivity index (χ4v) is 7.26. The lowest BCUT2D eigenvalue weighted by Gasteiger charge is -2.19. The van der Waals surface area contributed by atoms with Crippen LogP contribution in [0, 0.1) is 10.1 Å². The Balaban J connectivity index is 1.63. The standard InChI is InChI=1S/C22H14Br2N2O5S2/c23-17-2-1-3-18(24)16(17)12-33(30,31)15-8-9-19-20(11-15)32-21(22(27)25-19)10-13-4-6-14(7-5-13)26(28)29/h1-11H,12H2,(H,25,27)/b21-10+.